The first-order valence-corrected chi connectivity index (χ1v) is 8.63. The normalized spacial score (nSPS) is 11.5. The molecule has 0 spiro atoms. The van der Waals surface area contributed by atoms with Gasteiger partial charge in [-0.2, -0.15) is 0 Å². The summed E-state index contributed by atoms with van der Waals surface area (Å²) in [5.41, 5.74) is 0.919. The van der Waals surface area contributed by atoms with Gasteiger partial charge in [0.25, 0.3) is 0 Å². The number of thiophene rings is 1. The first kappa shape index (κ1) is 16.0. The molecule has 2 N–H and O–H groups in total. The van der Waals surface area contributed by atoms with E-state index < -0.39 is 16.0 Å². The van der Waals surface area contributed by atoms with Crippen molar-refractivity contribution in [2.75, 3.05) is 6.54 Å². The fourth-order valence-electron chi connectivity index (χ4n) is 1.67. The summed E-state index contributed by atoms with van der Waals surface area (Å²) in [4.78, 5) is 10.7. The third-order valence-electron chi connectivity index (χ3n) is 2.65. The van der Waals surface area contributed by atoms with Crippen molar-refractivity contribution < 1.29 is 18.3 Å². The number of carboxylic acids is 1. The lowest BCUT2D eigenvalue weighted by Crippen LogP contribution is -2.25. The van der Waals surface area contributed by atoms with Crippen LogP contribution in [-0.4, -0.2) is 26.0 Å². The molecule has 5 nitrogen and oxygen atoms in total. The number of hydrogen-bond donors (Lipinski definition) is 2. The van der Waals surface area contributed by atoms with Crippen molar-refractivity contribution in [2.45, 2.75) is 10.6 Å². The van der Waals surface area contributed by atoms with Crippen molar-refractivity contribution in [2.24, 2.45) is 0 Å². The van der Waals surface area contributed by atoms with Crippen LogP contribution in [0.5, 0.6) is 0 Å². The minimum absolute atomic E-state index is 0.00834. The lowest BCUT2D eigenvalue weighted by Gasteiger charge is -2.05. The number of carboxylic acid groups (broad SMARTS) is 1. The van der Waals surface area contributed by atoms with Crippen molar-refractivity contribution in [3.63, 3.8) is 0 Å². The topological polar surface area (TPSA) is 83.5 Å². The molecule has 0 unspecified atom stereocenters. The van der Waals surface area contributed by atoms with Crippen LogP contribution in [0.1, 0.15) is 15.2 Å². The average molecular weight is 346 g/mol. The second kappa shape index (κ2) is 6.57. The van der Waals surface area contributed by atoms with E-state index in [1.165, 1.54) is 12.1 Å². The van der Waals surface area contributed by atoms with Crippen LogP contribution in [-0.2, 0) is 16.4 Å². The van der Waals surface area contributed by atoms with Gasteiger partial charge in [0.05, 0.1) is 0 Å². The van der Waals surface area contributed by atoms with Crippen LogP contribution in [0, 0.1) is 0 Å². The van der Waals surface area contributed by atoms with Crippen LogP contribution in [0.2, 0.25) is 5.02 Å². The molecule has 21 heavy (non-hydrogen) atoms. The van der Waals surface area contributed by atoms with Gasteiger partial charge in [-0.1, -0.05) is 23.7 Å². The zero-order valence-electron chi connectivity index (χ0n) is 10.7. The third kappa shape index (κ3) is 4.28. The van der Waals surface area contributed by atoms with E-state index in [4.69, 9.17) is 16.7 Å². The van der Waals surface area contributed by atoms with Gasteiger partial charge in [-0.05, 0) is 36.2 Å². The lowest BCUT2D eigenvalue weighted by molar-refractivity contribution is 0.0702. The van der Waals surface area contributed by atoms with Gasteiger partial charge < -0.3 is 5.11 Å². The Morgan fingerprint density at radius 2 is 2.05 bits per heavy atom. The van der Waals surface area contributed by atoms with Gasteiger partial charge >= 0.3 is 5.97 Å². The zero-order chi connectivity index (χ0) is 15.5. The third-order valence-corrected chi connectivity index (χ3v) is 5.91. The second-order valence-corrected chi connectivity index (χ2v) is 7.72. The molecule has 2 aromatic rings. The molecule has 0 aliphatic heterocycles. The van der Waals surface area contributed by atoms with Gasteiger partial charge in [0.1, 0.15) is 9.09 Å². The van der Waals surface area contributed by atoms with E-state index in [1.54, 1.807) is 18.2 Å². The molecule has 0 aliphatic rings. The van der Waals surface area contributed by atoms with E-state index >= 15 is 0 Å². The van der Waals surface area contributed by atoms with Crippen LogP contribution in [0.3, 0.4) is 0 Å². The quantitative estimate of drug-likeness (QED) is 0.843. The number of carbonyl (C=O) groups is 1. The standard InChI is InChI=1S/C13H12ClNO4S2/c14-10-3-1-2-9(8-10)6-7-15-21(18,19)12-5-4-11(20-12)13(16)17/h1-5,8,15H,6-7H2,(H,16,17). The monoisotopic (exact) mass is 345 g/mol. The molecule has 112 valence electrons. The van der Waals surface area contributed by atoms with Crippen molar-refractivity contribution in [1.29, 1.82) is 0 Å². The maximum Gasteiger partial charge on any atom is 0.345 e. The minimum Gasteiger partial charge on any atom is -0.477 e. The summed E-state index contributed by atoms with van der Waals surface area (Å²) in [5.74, 6) is -1.14. The van der Waals surface area contributed by atoms with Crippen LogP contribution in [0.15, 0.2) is 40.6 Å². The van der Waals surface area contributed by atoms with E-state index in [1.807, 2.05) is 6.07 Å². The van der Waals surface area contributed by atoms with Crippen molar-refractivity contribution in [1.82, 2.24) is 4.72 Å². The molecule has 0 bridgehead atoms. The predicted octanol–water partition coefficient (Wildman–Crippen LogP) is 2.62. The molecule has 0 saturated heterocycles. The maximum atomic E-state index is 12.0. The van der Waals surface area contributed by atoms with Gasteiger partial charge in [0, 0.05) is 11.6 Å². The number of nitrogens with one attached hydrogen (secondary N) is 1. The fourth-order valence-corrected chi connectivity index (χ4v) is 4.11. The Hall–Kier alpha value is -1.41. The summed E-state index contributed by atoms with van der Waals surface area (Å²) < 4.78 is 26.4. The van der Waals surface area contributed by atoms with Gasteiger partial charge in [-0.3, -0.25) is 0 Å². The first-order chi connectivity index (χ1) is 9.88. The van der Waals surface area contributed by atoms with Gasteiger partial charge in [-0.25, -0.2) is 17.9 Å². The predicted molar refractivity (Wildman–Crippen MR) is 81.6 cm³/mol. The van der Waals surface area contributed by atoms with E-state index in [0.717, 1.165) is 16.9 Å². The Morgan fingerprint density at radius 3 is 2.67 bits per heavy atom. The number of halogens is 1. The number of aromatic carboxylic acids is 1. The highest BCUT2D eigenvalue weighted by atomic mass is 35.5. The van der Waals surface area contributed by atoms with E-state index in [2.05, 4.69) is 4.72 Å². The van der Waals surface area contributed by atoms with E-state index in [0.29, 0.717) is 11.4 Å². The van der Waals surface area contributed by atoms with Crippen LogP contribution in [0.4, 0.5) is 0 Å². The Balaban J connectivity index is 1.99. The molecular weight excluding hydrogens is 334 g/mol. The molecule has 0 fully saturated rings. The van der Waals surface area contributed by atoms with Crippen molar-refractivity contribution in [3.8, 4) is 0 Å². The van der Waals surface area contributed by atoms with Crippen LogP contribution >= 0.6 is 22.9 Å². The highest BCUT2D eigenvalue weighted by Crippen LogP contribution is 2.21. The van der Waals surface area contributed by atoms with Gasteiger partial charge in [-0.15, -0.1) is 11.3 Å². The highest BCUT2D eigenvalue weighted by molar-refractivity contribution is 7.91. The molecule has 8 heteroatoms. The molecule has 1 aromatic carbocycles. The molecule has 0 saturated carbocycles. The summed E-state index contributed by atoms with van der Waals surface area (Å²) in [6, 6.07) is 9.73. The molecule has 0 aliphatic carbocycles. The highest BCUT2D eigenvalue weighted by Gasteiger charge is 2.18. The number of rotatable bonds is 6. The lowest BCUT2D eigenvalue weighted by atomic mass is 10.2. The summed E-state index contributed by atoms with van der Waals surface area (Å²) in [6.45, 7) is 0.211. The SMILES string of the molecule is O=C(O)c1ccc(S(=O)(=O)NCCc2cccc(Cl)c2)s1. The summed E-state index contributed by atoms with van der Waals surface area (Å²) in [7, 11) is -3.68. The zero-order valence-corrected chi connectivity index (χ0v) is 13.1. The fraction of sp³-hybridized carbons (Fsp3) is 0.154. The van der Waals surface area contributed by atoms with E-state index in [-0.39, 0.29) is 15.6 Å². The number of sulfonamides is 1. The molecule has 0 radical (unpaired) electrons. The Kier molecular flexibility index (Phi) is 5.00. The largest absolute Gasteiger partial charge is 0.477 e. The molecular formula is C13H12ClNO4S2. The molecule has 1 heterocycles. The Bertz CT molecular complexity index is 755. The van der Waals surface area contributed by atoms with Crippen LogP contribution < -0.4 is 4.72 Å². The average Bonchev–Trinajstić information content (AvgIpc) is 2.89. The Labute approximate surface area is 131 Å². The first-order valence-electron chi connectivity index (χ1n) is 5.96. The summed E-state index contributed by atoms with van der Waals surface area (Å²) in [5, 5.41) is 9.39. The molecule has 1 aromatic heterocycles. The minimum atomic E-state index is -3.68. The number of benzene rings is 1. The number of hydrogen-bond acceptors (Lipinski definition) is 4. The molecule has 0 atom stereocenters. The molecule has 2 rings (SSSR count). The van der Waals surface area contributed by atoms with Crippen molar-refractivity contribution >= 4 is 38.9 Å². The smallest absolute Gasteiger partial charge is 0.345 e. The van der Waals surface area contributed by atoms with Gasteiger partial charge in [0.2, 0.25) is 10.0 Å². The summed E-state index contributed by atoms with van der Waals surface area (Å²) >= 11 is 6.57. The second-order valence-electron chi connectivity index (χ2n) is 4.20. The molecule has 0 amide bonds. The summed E-state index contributed by atoms with van der Waals surface area (Å²) in [6.07, 6.45) is 0.497. The van der Waals surface area contributed by atoms with Gasteiger partial charge in [0.15, 0.2) is 0 Å². The van der Waals surface area contributed by atoms with Crippen molar-refractivity contribution in [3.05, 3.63) is 51.9 Å². The van der Waals surface area contributed by atoms with E-state index in [9.17, 15) is 13.2 Å². The van der Waals surface area contributed by atoms with Crippen LogP contribution in [0.25, 0.3) is 0 Å². The maximum absolute atomic E-state index is 12.0. The Morgan fingerprint density at radius 1 is 1.29 bits per heavy atom.